The van der Waals surface area contributed by atoms with Gasteiger partial charge in [0.1, 0.15) is 0 Å². The van der Waals surface area contributed by atoms with Crippen molar-refractivity contribution in [2.24, 2.45) is 10.8 Å². The van der Waals surface area contributed by atoms with Crippen LogP contribution in [0, 0.1) is 10.8 Å². The molecule has 0 aromatic heterocycles. The second-order valence-electron chi connectivity index (χ2n) is 6.17. The van der Waals surface area contributed by atoms with Crippen molar-refractivity contribution in [1.29, 1.82) is 0 Å². The van der Waals surface area contributed by atoms with Gasteiger partial charge in [0.05, 0.1) is 11.7 Å². The molecule has 1 saturated carbocycles. The van der Waals surface area contributed by atoms with E-state index in [4.69, 9.17) is 9.47 Å². The zero-order chi connectivity index (χ0) is 13.8. The van der Waals surface area contributed by atoms with E-state index in [1.807, 2.05) is 0 Å². The predicted molar refractivity (Wildman–Crippen MR) is 71.8 cm³/mol. The number of hydrogen-bond donors (Lipinski definition) is 0. The Morgan fingerprint density at radius 2 is 1.83 bits per heavy atom. The molecule has 0 saturated heterocycles. The molecule has 0 aliphatic heterocycles. The van der Waals surface area contributed by atoms with Crippen LogP contribution < -0.4 is 0 Å². The summed E-state index contributed by atoms with van der Waals surface area (Å²) in [6.45, 7) is 11.6. The molecule has 1 aliphatic rings. The van der Waals surface area contributed by atoms with Gasteiger partial charge in [0, 0.05) is 6.92 Å². The molecule has 0 N–H and O–H groups in total. The molecule has 0 aromatic rings. The fourth-order valence-electron chi connectivity index (χ4n) is 2.84. The molecule has 0 radical (unpaired) electrons. The second kappa shape index (κ2) is 5.77. The quantitative estimate of drug-likeness (QED) is 0.431. The van der Waals surface area contributed by atoms with E-state index < -0.39 is 6.29 Å². The first-order valence-corrected chi connectivity index (χ1v) is 6.81. The number of carbonyl (C=O) groups excluding carboxylic acids is 1. The molecule has 1 aliphatic carbocycles. The third-order valence-corrected chi connectivity index (χ3v) is 4.09. The predicted octanol–water partition coefficient (Wildman–Crippen LogP) is 4.03. The lowest BCUT2D eigenvalue weighted by Crippen LogP contribution is -2.46. The summed E-state index contributed by atoms with van der Waals surface area (Å²) in [5.41, 5.74) is -0.456. The minimum Gasteiger partial charge on any atom is -0.463 e. The van der Waals surface area contributed by atoms with E-state index in [0.717, 1.165) is 25.7 Å². The number of hydrogen-bond acceptors (Lipinski definition) is 3. The highest BCUT2D eigenvalue weighted by Crippen LogP contribution is 2.50. The van der Waals surface area contributed by atoms with Gasteiger partial charge in [0.15, 0.2) is 0 Å². The first kappa shape index (κ1) is 15.1. The molecule has 3 nitrogen and oxygen atoms in total. The Balaban J connectivity index is 2.83. The zero-order valence-corrected chi connectivity index (χ0v) is 12.1. The van der Waals surface area contributed by atoms with Crippen LogP contribution in [0.3, 0.4) is 0 Å². The van der Waals surface area contributed by atoms with Crippen molar-refractivity contribution < 1.29 is 14.3 Å². The van der Waals surface area contributed by atoms with Gasteiger partial charge in [-0.1, -0.05) is 46.6 Å². The van der Waals surface area contributed by atoms with Crippen LogP contribution >= 0.6 is 0 Å². The summed E-state index contributed by atoms with van der Waals surface area (Å²) < 4.78 is 10.5. The van der Waals surface area contributed by atoms with E-state index in [9.17, 15) is 4.79 Å². The van der Waals surface area contributed by atoms with Crippen molar-refractivity contribution >= 4 is 5.97 Å². The monoisotopic (exact) mass is 254 g/mol. The van der Waals surface area contributed by atoms with Crippen LogP contribution in [-0.4, -0.2) is 12.3 Å². The van der Waals surface area contributed by atoms with Gasteiger partial charge >= 0.3 is 5.97 Å². The highest BCUT2D eigenvalue weighted by atomic mass is 16.7. The third-order valence-electron chi connectivity index (χ3n) is 4.09. The van der Waals surface area contributed by atoms with E-state index in [0.29, 0.717) is 0 Å². The van der Waals surface area contributed by atoms with Crippen LogP contribution in [0.15, 0.2) is 12.8 Å². The highest BCUT2D eigenvalue weighted by Gasteiger charge is 2.50. The van der Waals surface area contributed by atoms with Gasteiger partial charge in [-0.2, -0.15) is 0 Å². The van der Waals surface area contributed by atoms with Gasteiger partial charge in [-0.25, -0.2) is 0 Å². The minimum atomic E-state index is -0.559. The topological polar surface area (TPSA) is 35.5 Å². The lowest BCUT2D eigenvalue weighted by atomic mass is 9.59. The number of rotatable bonds is 4. The fourth-order valence-corrected chi connectivity index (χ4v) is 2.84. The molecule has 104 valence electrons. The van der Waals surface area contributed by atoms with Gasteiger partial charge in [-0.15, -0.1) is 0 Å². The van der Waals surface area contributed by atoms with Crippen LogP contribution in [0.4, 0.5) is 0 Å². The molecule has 0 spiro atoms. The summed E-state index contributed by atoms with van der Waals surface area (Å²) >= 11 is 0. The molecule has 0 amide bonds. The summed E-state index contributed by atoms with van der Waals surface area (Å²) in [6, 6.07) is 0. The summed E-state index contributed by atoms with van der Waals surface area (Å²) in [5, 5.41) is 0. The van der Waals surface area contributed by atoms with Crippen LogP contribution in [-0.2, 0) is 14.3 Å². The highest BCUT2D eigenvalue weighted by molar-refractivity contribution is 5.78. The van der Waals surface area contributed by atoms with Crippen molar-refractivity contribution in [2.75, 3.05) is 0 Å². The Morgan fingerprint density at radius 1 is 1.28 bits per heavy atom. The summed E-state index contributed by atoms with van der Waals surface area (Å²) in [4.78, 5) is 12.5. The minimum absolute atomic E-state index is 0.0849. The van der Waals surface area contributed by atoms with Gasteiger partial charge in [0.25, 0.3) is 0 Å². The average molecular weight is 254 g/mol. The standard InChI is InChI=1S/C15H26O3/c1-6-17-12(2)18-13(16)15(14(3,4)5)10-8-7-9-11-15/h6,12H,1,7-11H2,2-5H3. The largest absolute Gasteiger partial charge is 0.463 e. The molecule has 1 atom stereocenters. The van der Waals surface area contributed by atoms with E-state index in [2.05, 4.69) is 27.4 Å². The summed E-state index contributed by atoms with van der Waals surface area (Å²) in [5.74, 6) is -0.121. The molecular formula is C15H26O3. The molecule has 1 fully saturated rings. The third kappa shape index (κ3) is 3.06. The van der Waals surface area contributed by atoms with E-state index in [1.54, 1.807) is 6.92 Å². The number of carbonyl (C=O) groups is 1. The SMILES string of the molecule is C=COC(C)OC(=O)C1(C(C)(C)C)CCCCC1. The zero-order valence-electron chi connectivity index (χ0n) is 12.1. The van der Waals surface area contributed by atoms with Gasteiger partial charge in [0.2, 0.25) is 6.29 Å². The maximum atomic E-state index is 12.5. The maximum absolute atomic E-state index is 12.5. The van der Waals surface area contributed by atoms with E-state index in [1.165, 1.54) is 12.7 Å². The fraction of sp³-hybridized carbons (Fsp3) is 0.800. The summed E-state index contributed by atoms with van der Waals surface area (Å²) in [7, 11) is 0. The molecular weight excluding hydrogens is 228 g/mol. The van der Waals surface area contributed by atoms with Crippen molar-refractivity contribution in [3.63, 3.8) is 0 Å². The number of ether oxygens (including phenoxy) is 2. The number of esters is 1. The molecule has 1 unspecified atom stereocenters. The Bertz CT molecular complexity index is 295. The van der Waals surface area contributed by atoms with E-state index >= 15 is 0 Å². The van der Waals surface area contributed by atoms with Crippen molar-refractivity contribution in [1.82, 2.24) is 0 Å². The lowest BCUT2D eigenvalue weighted by Gasteiger charge is -2.45. The first-order valence-electron chi connectivity index (χ1n) is 6.81. The van der Waals surface area contributed by atoms with Crippen LogP contribution in [0.5, 0.6) is 0 Å². The molecule has 1 rings (SSSR count). The maximum Gasteiger partial charge on any atom is 0.315 e. The van der Waals surface area contributed by atoms with Crippen LogP contribution in [0.2, 0.25) is 0 Å². The Labute approximate surface area is 111 Å². The van der Waals surface area contributed by atoms with E-state index in [-0.39, 0.29) is 16.8 Å². The average Bonchev–Trinajstić information content (AvgIpc) is 2.28. The smallest absolute Gasteiger partial charge is 0.315 e. The van der Waals surface area contributed by atoms with Crippen molar-refractivity contribution in [3.05, 3.63) is 12.8 Å². The van der Waals surface area contributed by atoms with Crippen LogP contribution in [0.1, 0.15) is 59.8 Å². The lowest BCUT2D eigenvalue weighted by molar-refractivity contribution is -0.188. The normalized spacial score (nSPS) is 20.9. The molecule has 3 heteroatoms. The van der Waals surface area contributed by atoms with Gasteiger partial charge < -0.3 is 9.47 Å². The van der Waals surface area contributed by atoms with Crippen molar-refractivity contribution in [2.45, 2.75) is 66.1 Å². The molecule has 0 heterocycles. The van der Waals surface area contributed by atoms with Crippen LogP contribution in [0.25, 0.3) is 0 Å². The Kier molecular flexibility index (Phi) is 4.83. The Hall–Kier alpha value is -0.990. The first-order chi connectivity index (χ1) is 8.33. The van der Waals surface area contributed by atoms with Gasteiger partial charge in [-0.05, 0) is 18.3 Å². The second-order valence-corrected chi connectivity index (χ2v) is 6.17. The molecule has 0 aromatic carbocycles. The van der Waals surface area contributed by atoms with Gasteiger partial charge in [-0.3, -0.25) is 4.79 Å². The van der Waals surface area contributed by atoms with Crippen molar-refractivity contribution in [3.8, 4) is 0 Å². The molecule has 18 heavy (non-hydrogen) atoms. The summed E-state index contributed by atoms with van der Waals surface area (Å²) in [6.07, 6.45) is 5.99. The Morgan fingerprint density at radius 3 is 2.28 bits per heavy atom. The molecule has 0 bridgehead atoms.